The fourth-order valence-corrected chi connectivity index (χ4v) is 4.16. The molecule has 172 valence electrons. The van der Waals surface area contributed by atoms with Crippen molar-refractivity contribution < 1.29 is 23.0 Å². The van der Waals surface area contributed by atoms with E-state index in [1.165, 1.54) is 20.3 Å². The van der Waals surface area contributed by atoms with Gasteiger partial charge in [-0.05, 0) is 25.3 Å². The Morgan fingerprint density at radius 1 is 1.09 bits per heavy atom. The highest BCUT2D eigenvalue weighted by atomic mass is 19.1. The minimum atomic E-state index is -0.786. The minimum absolute atomic E-state index is 0.0974. The Morgan fingerprint density at radius 3 is 2.52 bits per heavy atom. The first kappa shape index (κ1) is 21.3. The van der Waals surface area contributed by atoms with Crippen molar-refractivity contribution in [1.82, 2.24) is 25.0 Å². The van der Waals surface area contributed by atoms with Crippen molar-refractivity contribution in [2.24, 2.45) is 0 Å². The molecule has 3 aromatic heterocycles. The van der Waals surface area contributed by atoms with E-state index in [1.54, 1.807) is 23.3 Å². The number of ether oxygens (including phenoxy) is 3. The summed E-state index contributed by atoms with van der Waals surface area (Å²) in [7, 11) is 2.65. The summed E-state index contributed by atoms with van der Waals surface area (Å²) >= 11 is 0. The van der Waals surface area contributed by atoms with Gasteiger partial charge in [-0.15, -0.1) is 0 Å². The number of fused-ring (bicyclic) bond motifs is 1. The van der Waals surface area contributed by atoms with Gasteiger partial charge in [-0.3, -0.25) is 5.10 Å². The highest BCUT2D eigenvalue weighted by Crippen LogP contribution is 2.35. The zero-order valence-electron chi connectivity index (χ0n) is 18.3. The van der Waals surface area contributed by atoms with E-state index < -0.39 is 11.6 Å². The van der Waals surface area contributed by atoms with Gasteiger partial charge in [0.15, 0.2) is 35.0 Å². The number of nitrogens with one attached hydrogen (secondary N) is 1. The third kappa shape index (κ3) is 3.80. The average molecular weight is 455 g/mol. The van der Waals surface area contributed by atoms with Crippen molar-refractivity contribution in [1.29, 1.82) is 0 Å². The van der Waals surface area contributed by atoms with Gasteiger partial charge in [-0.25, -0.2) is 18.4 Å². The fourth-order valence-electron chi connectivity index (χ4n) is 4.16. The number of pyridine rings is 1. The van der Waals surface area contributed by atoms with Gasteiger partial charge in [-0.2, -0.15) is 10.2 Å². The van der Waals surface area contributed by atoms with E-state index in [2.05, 4.69) is 15.2 Å². The predicted octanol–water partition coefficient (Wildman–Crippen LogP) is 4.41. The van der Waals surface area contributed by atoms with E-state index in [-0.39, 0.29) is 29.7 Å². The Labute approximate surface area is 188 Å². The molecule has 1 fully saturated rings. The van der Waals surface area contributed by atoms with Gasteiger partial charge in [-0.1, -0.05) is 0 Å². The van der Waals surface area contributed by atoms with Crippen LogP contribution < -0.4 is 9.47 Å². The van der Waals surface area contributed by atoms with E-state index in [4.69, 9.17) is 19.3 Å². The summed E-state index contributed by atoms with van der Waals surface area (Å²) < 4.78 is 48.0. The van der Waals surface area contributed by atoms with Gasteiger partial charge in [0.1, 0.15) is 0 Å². The fraction of sp³-hybridized carbons (Fsp3) is 0.348. The second-order valence-corrected chi connectivity index (χ2v) is 7.86. The van der Waals surface area contributed by atoms with Crippen LogP contribution in [-0.2, 0) is 11.2 Å². The molecule has 4 heterocycles. The van der Waals surface area contributed by atoms with Gasteiger partial charge in [0.05, 0.1) is 26.1 Å². The molecule has 0 radical (unpaired) electrons. The van der Waals surface area contributed by atoms with E-state index in [0.717, 1.165) is 30.4 Å². The molecular weight excluding hydrogens is 432 g/mol. The molecular formula is C23H23F2N5O3. The zero-order chi connectivity index (χ0) is 22.9. The lowest BCUT2D eigenvalue weighted by atomic mass is 10.0. The number of methoxy groups -OCH3 is 2. The molecule has 1 aliphatic heterocycles. The van der Waals surface area contributed by atoms with Crippen LogP contribution in [0.3, 0.4) is 0 Å². The number of halogens is 2. The van der Waals surface area contributed by atoms with Crippen LogP contribution >= 0.6 is 0 Å². The maximum Gasteiger partial charge on any atom is 0.171 e. The number of H-pyrrole nitrogens is 1. The maximum atomic E-state index is 15.1. The lowest BCUT2D eigenvalue weighted by Gasteiger charge is -2.23. The number of rotatable bonds is 6. The van der Waals surface area contributed by atoms with E-state index in [9.17, 15) is 0 Å². The highest BCUT2D eigenvalue weighted by Gasteiger charge is 2.26. The smallest absolute Gasteiger partial charge is 0.171 e. The van der Waals surface area contributed by atoms with E-state index >= 15 is 8.78 Å². The SMILES string of the molecule is COc1cc(OC)c(F)c(Cc2nn(C3CCCCO3)c3ncc(-c4cn[nH]c4)cc23)c1F. The standard InChI is InChI=1S/C23H23F2N5O3/c1-31-18-9-19(32-2)22(25)16(21(18)24)8-17-15-7-13(14-11-27-28-12-14)10-26-23(15)30(29-17)20-5-3-4-6-33-20/h7,9-12,20H,3-6,8H2,1-2H3,(H,27,28). The summed E-state index contributed by atoms with van der Waals surface area (Å²) in [5, 5.41) is 12.2. The normalized spacial score (nSPS) is 16.3. The van der Waals surface area contributed by atoms with Gasteiger partial charge in [0.25, 0.3) is 0 Å². The van der Waals surface area contributed by atoms with Crippen molar-refractivity contribution in [2.45, 2.75) is 31.9 Å². The topological polar surface area (TPSA) is 87.1 Å². The summed E-state index contributed by atoms with van der Waals surface area (Å²) in [5.41, 5.74) is 2.55. The van der Waals surface area contributed by atoms with Crippen LogP contribution in [0.4, 0.5) is 8.78 Å². The van der Waals surface area contributed by atoms with Crippen molar-refractivity contribution >= 4 is 11.0 Å². The van der Waals surface area contributed by atoms with E-state index in [1.807, 2.05) is 6.07 Å². The predicted molar refractivity (Wildman–Crippen MR) is 116 cm³/mol. The molecule has 0 amide bonds. The van der Waals surface area contributed by atoms with E-state index in [0.29, 0.717) is 23.3 Å². The van der Waals surface area contributed by atoms with Crippen LogP contribution in [0.5, 0.6) is 11.5 Å². The molecule has 1 saturated heterocycles. The molecule has 33 heavy (non-hydrogen) atoms. The summed E-state index contributed by atoms with van der Waals surface area (Å²) in [6, 6.07) is 3.10. The van der Waals surface area contributed by atoms with Crippen LogP contribution in [0, 0.1) is 11.6 Å². The molecule has 8 nitrogen and oxygen atoms in total. The molecule has 4 aromatic rings. The van der Waals surface area contributed by atoms with Crippen molar-refractivity contribution in [2.75, 3.05) is 20.8 Å². The molecule has 1 unspecified atom stereocenters. The number of hydrogen-bond acceptors (Lipinski definition) is 6. The second-order valence-electron chi connectivity index (χ2n) is 7.86. The summed E-state index contributed by atoms with van der Waals surface area (Å²) in [6.07, 6.45) is 7.55. The van der Waals surface area contributed by atoms with Crippen molar-refractivity contribution in [3.8, 4) is 22.6 Å². The van der Waals surface area contributed by atoms with Gasteiger partial charge in [0, 0.05) is 53.6 Å². The largest absolute Gasteiger partial charge is 0.494 e. The van der Waals surface area contributed by atoms with Gasteiger partial charge in [0.2, 0.25) is 0 Å². The second kappa shape index (κ2) is 8.78. The van der Waals surface area contributed by atoms with Crippen LogP contribution in [0.25, 0.3) is 22.2 Å². The molecule has 0 saturated carbocycles. The number of aromatic amines is 1. The Morgan fingerprint density at radius 2 is 1.88 bits per heavy atom. The quantitative estimate of drug-likeness (QED) is 0.464. The molecule has 0 aliphatic carbocycles. The molecule has 1 atom stereocenters. The zero-order valence-corrected chi connectivity index (χ0v) is 18.3. The first-order chi connectivity index (χ1) is 16.1. The van der Waals surface area contributed by atoms with Gasteiger partial charge < -0.3 is 14.2 Å². The van der Waals surface area contributed by atoms with Crippen LogP contribution in [-0.4, -0.2) is 45.8 Å². The monoisotopic (exact) mass is 455 g/mol. The Hall–Kier alpha value is -3.53. The van der Waals surface area contributed by atoms with Crippen LogP contribution in [0.15, 0.2) is 30.7 Å². The van der Waals surface area contributed by atoms with Crippen molar-refractivity contribution in [3.63, 3.8) is 0 Å². The molecule has 1 N–H and O–H groups in total. The van der Waals surface area contributed by atoms with Gasteiger partial charge >= 0.3 is 0 Å². The van der Waals surface area contributed by atoms with Crippen molar-refractivity contribution in [3.05, 3.63) is 53.6 Å². The van der Waals surface area contributed by atoms with Crippen LogP contribution in [0.2, 0.25) is 0 Å². The number of hydrogen-bond donors (Lipinski definition) is 1. The number of aromatic nitrogens is 5. The maximum absolute atomic E-state index is 15.1. The molecule has 1 aliphatic rings. The first-order valence-corrected chi connectivity index (χ1v) is 10.7. The highest BCUT2D eigenvalue weighted by molar-refractivity contribution is 5.84. The summed E-state index contributed by atoms with van der Waals surface area (Å²) in [4.78, 5) is 4.63. The summed E-state index contributed by atoms with van der Waals surface area (Å²) in [5.74, 6) is -1.77. The Balaban J connectivity index is 1.66. The molecule has 10 heteroatoms. The third-order valence-electron chi connectivity index (χ3n) is 5.89. The first-order valence-electron chi connectivity index (χ1n) is 10.7. The summed E-state index contributed by atoms with van der Waals surface area (Å²) in [6.45, 7) is 0.630. The molecule has 0 bridgehead atoms. The lowest BCUT2D eigenvalue weighted by molar-refractivity contribution is -0.0372. The third-order valence-corrected chi connectivity index (χ3v) is 5.89. The Kier molecular flexibility index (Phi) is 5.67. The lowest BCUT2D eigenvalue weighted by Crippen LogP contribution is -2.19. The Bertz CT molecular complexity index is 1260. The number of nitrogens with zero attached hydrogens (tertiary/aromatic N) is 4. The molecule has 1 aromatic carbocycles. The van der Waals surface area contributed by atoms with Crippen LogP contribution in [0.1, 0.15) is 36.7 Å². The molecule has 5 rings (SSSR count). The minimum Gasteiger partial charge on any atom is -0.494 e. The molecule has 0 spiro atoms. The average Bonchev–Trinajstić information content (AvgIpc) is 3.51. The number of benzene rings is 1.